The average Bonchev–Trinajstić information content (AvgIpc) is 2.16. The van der Waals surface area contributed by atoms with E-state index in [0.717, 1.165) is 36.8 Å². The highest BCUT2D eigenvalue weighted by Crippen LogP contribution is 2.37. The van der Waals surface area contributed by atoms with Crippen LogP contribution in [0, 0.1) is 0 Å². The lowest BCUT2D eigenvalue weighted by Gasteiger charge is -2.31. The van der Waals surface area contributed by atoms with E-state index in [9.17, 15) is 13.2 Å². The molecule has 2 rings (SSSR count). The Kier molecular flexibility index (Phi) is 2.56. The summed E-state index contributed by atoms with van der Waals surface area (Å²) in [6, 6.07) is 0. The molecule has 1 aliphatic heterocycles. The Hall–Kier alpha value is -0.510. The van der Waals surface area contributed by atoms with Crippen LogP contribution in [0.25, 0.3) is 0 Å². The molecule has 1 nitrogen and oxygen atoms in total. The van der Waals surface area contributed by atoms with Gasteiger partial charge in [0.05, 0.1) is 6.61 Å². The summed E-state index contributed by atoms with van der Waals surface area (Å²) in [4.78, 5) is 0. The van der Waals surface area contributed by atoms with Crippen LogP contribution in [0.5, 0.6) is 0 Å². The Morgan fingerprint density at radius 3 is 2.36 bits per heavy atom. The van der Waals surface area contributed by atoms with E-state index >= 15 is 0 Å². The first-order valence-electron chi connectivity index (χ1n) is 4.95. The molecule has 0 bridgehead atoms. The first kappa shape index (κ1) is 10.0. The van der Waals surface area contributed by atoms with Gasteiger partial charge in [-0.25, -0.2) is 0 Å². The van der Waals surface area contributed by atoms with Crippen molar-refractivity contribution >= 4 is 0 Å². The summed E-state index contributed by atoms with van der Waals surface area (Å²) < 4.78 is 41.9. The lowest BCUT2D eigenvalue weighted by molar-refractivity contribution is -0.220. The van der Waals surface area contributed by atoms with E-state index in [1.807, 2.05) is 0 Å². The number of ether oxygens (including phenoxy) is 1. The second-order valence-corrected chi connectivity index (χ2v) is 3.96. The molecule has 2 aliphatic rings. The smallest absolute Gasteiger partial charge is 0.364 e. The van der Waals surface area contributed by atoms with Gasteiger partial charge in [-0.1, -0.05) is 5.57 Å². The van der Waals surface area contributed by atoms with Gasteiger partial charge >= 0.3 is 6.18 Å². The molecule has 0 radical (unpaired) electrons. The summed E-state index contributed by atoms with van der Waals surface area (Å²) in [5.74, 6) is 0. The fourth-order valence-electron chi connectivity index (χ4n) is 2.15. The van der Waals surface area contributed by atoms with Crippen molar-refractivity contribution in [2.75, 3.05) is 6.61 Å². The summed E-state index contributed by atoms with van der Waals surface area (Å²) >= 11 is 0. The molecule has 0 N–H and O–H groups in total. The zero-order valence-corrected chi connectivity index (χ0v) is 7.86. The molecule has 0 aromatic rings. The zero-order chi connectivity index (χ0) is 10.2. The molecule has 1 aliphatic carbocycles. The van der Waals surface area contributed by atoms with Gasteiger partial charge in [0.25, 0.3) is 0 Å². The van der Waals surface area contributed by atoms with E-state index in [4.69, 9.17) is 4.74 Å². The Morgan fingerprint density at radius 1 is 1.07 bits per heavy atom. The first-order chi connectivity index (χ1) is 6.57. The predicted molar refractivity (Wildman–Crippen MR) is 45.9 cm³/mol. The fraction of sp³-hybridized carbons (Fsp3) is 0.800. The topological polar surface area (TPSA) is 9.23 Å². The largest absolute Gasteiger partial charge is 0.414 e. The summed E-state index contributed by atoms with van der Waals surface area (Å²) in [6.45, 7) is 0.194. The van der Waals surface area contributed by atoms with Gasteiger partial charge in [0.1, 0.15) is 0 Å². The van der Waals surface area contributed by atoms with Crippen LogP contribution in [-0.4, -0.2) is 18.9 Å². The summed E-state index contributed by atoms with van der Waals surface area (Å²) in [6.07, 6.45) is -1.79. The summed E-state index contributed by atoms with van der Waals surface area (Å²) in [5, 5.41) is 0. The molecule has 1 atom stereocenters. The van der Waals surface area contributed by atoms with Gasteiger partial charge in [-0.15, -0.1) is 0 Å². The molecule has 0 fully saturated rings. The molecule has 14 heavy (non-hydrogen) atoms. The number of hydrogen-bond donors (Lipinski definition) is 0. The van der Waals surface area contributed by atoms with Crippen molar-refractivity contribution in [1.29, 1.82) is 0 Å². The van der Waals surface area contributed by atoms with Crippen molar-refractivity contribution in [3.05, 3.63) is 11.1 Å². The number of alkyl halides is 3. The Morgan fingerprint density at radius 2 is 1.71 bits per heavy atom. The van der Waals surface area contributed by atoms with Crippen LogP contribution in [0.15, 0.2) is 11.1 Å². The minimum atomic E-state index is -4.20. The van der Waals surface area contributed by atoms with Crippen molar-refractivity contribution in [2.45, 2.75) is 44.4 Å². The van der Waals surface area contributed by atoms with Crippen molar-refractivity contribution in [2.24, 2.45) is 0 Å². The molecule has 0 saturated carbocycles. The third kappa shape index (κ3) is 1.95. The van der Waals surface area contributed by atoms with Crippen LogP contribution in [-0.2, 0) is 4.74 Å². The number of halogens is 3. The van der Waals surface area contributed by atoms with Crippen molar-refractivity contribution in [3.8, 4) is 0 Å². The van der Waals surface area contributed by atoms with Crippen molar-refractivity contribution in [1.82, 2.24) is 0 Å². The van der Waals surface area contributed by atoms with E-state index in [-0.39, 0.29) is 13.0 Å². The summed E-state index contributed by atoms with van der Waals surface area (Å²) in [5.41, 5.74) is 2.13. The van der Waals surface area contributed by atoms with Crippen molar-refractivity contribution in [3.63, 3.8) is 0 Å². The molecular formula is C10H13F3O. The normalized spacial score (nSPS) is 28.9. The highest BCUT2D eigenvalue weighted by molar-refractivity contribution is 5.21. The number of hydrogen-bond acceptors (Lipinski definition) is 1. The maximum absolute atomic E-state index is 12.4. The van der Waals surface area contributed by atoms with E-state index in [0.29, 0.717) is 0 Å². The van der Waals surface area contributed by atoms with Crippen LogP contribution < -0.4 is 0 Å². The Bertz CT molecular complexity index is 255. The lowest BCUT2D eigenvalue weighted by Crippen LogP contribution is -2.36. The van der Waals surface area contributed by atoms with Gasteiger partial charge in [0, 0.05) is 6.42 Å². The molecule has 0 aromatic heterocycles. The van der Waals surface area contributed by atoms with Gasteiger partial charge in [0.15, 0.2) is 6.10 Å². The number of rotatable bonds is 0. The third-order valence-corrected chi connectivity index (χ3v) is 2.96. The molecule has 0 saturated heterocycles. The highest BCUT2D eigenvalue weighted by Gasteiger charge is 2.43. The van der Waals surface area contributed by atoms with Crippen LogP contribution in [0.4, 0.5) is 13.2 Å². The molecule has 0 amide bonds. The van der Waals surface area contributed by atoms with Crippen LogP contribution >= 0.6 is 0 Å². The fourth-order valence-corrected chi connectivity index (χ4v) is 2.15. The second kappa shape index (κ2) is 3.57. The van der Waals surface area contributed by atoms with Gasteiger partial charge in [0.2, 0.25) is 0 Å². The SMILES string of the molecule is FC(F)(F)C1CC2=C(CCCC2)CO1. The Balaban J connectivity index is 2.08. The van der Waals surface area contributed by atoms with Gasteiger partial charge in [-0.05, 0) is 31.3 Å². The van der Waals surface area contributed by atoms with Crippen LogP contribution in [0.1, 0.15) is 32.1 Å². The standard InChI is InChI=1S/C10H13F3O/c11-10(12,13)9-5-7-3-1-2-4-8(7)6-14-9/h9H,1-6H2. The Labute approximate surface area is 80.9 Å². The van der Waals surface area contributed by atoms with E-state index < -0.39 is 12.3 Å². The summed E-state index contributed by atoms with van der Waals surface area (Å²) in [7, 11) is 0. The quantitative estimate of drug-likeness (QED) is 0.553. The minimum Gasteiger partial charge on any atom is -0.364 e. The van der Waals surface area contributed by atoms with E-state index in [2.05, 4.69) is 0 Å². The van der Waals surface area contributed by atoms with Crippen LogP contribution in [0.3, 0.4) is 0 Å². The van der Waals surface area contributed by atoms with Crippen molar-refractivity contribution < 1.29 is 17.9 Å². The van der Waals surface area contributed by atoms with E-state index in [1.165, 1.54) is 0 Å². The first-order valence-corrected chi connectivity index (χ1v) is 4.95. The molecule has 1 heterocycles. The third-order valence-electron chi connectivity index (χ3n) is 2.96. The second-order valence-electron chi connectivity index (χ2n) is 3.96. The van der Waals surface area contributed by atoms with Gasteiger partial charge in [-0.2, -0.15) is 13.2 Å². The molecule has 4 heteroatoms. The molecule has 0 spiro atoms. The van der Waals surface area contributed by atoms with Gasteiger partial charge in [-0.3, -0.25) is 0 Å². The van der Waals surface area contributed by atoms with E-state index in [1.54, 1.807) is 0 Å². The van der Waals surface area contributed by atoms with Crippen LogP contribution in [0.2, 0.25) is 0 Å². The maximum Gasteiger partial charge on any atom is 0.414 e. The zero-order valence-electron chi connectivity index (χ0n) is 7.86. The molecule has 0 aromatic carbocycles. The van der Waals surface area contributed by atoms with Gasteiger partial charge < -0.3 is 4.74 Å². The molecule has 1 unspecified atom stereocenters. The average molecular weight is 206 g/mol. The monoisotopic (exact) mass is 206 g/mol. The molecule has 80 valence electrons. The maximum atomic E-state index is 12.4. The molecular weight excluding hydrogens is 193 g/mol. The lowest BCUT2D eigenvalue weighted by atomic mass is 9.87. The highest BCUT2D eigenvalue weighted by atomic mass is 19.4. The predicted octanol–water partition coefficient (Wildman–Crippen LogP) is 3.21. The minimum absolute atomic E-state index is 0.0683.